The number of nitrogens with one attached hydrogen (secondary N) is 2. The third kappa shape index (κ3) is 5.13. The second-order valence-corrected chi connectivity index (χ2v) is 5.64. The summed E-state index contributed by atoms with van der Waals surface area (Å²) in [4.78, 5) is 16.1. The van der Waals surface area contributed by atoms with Gasteiger partial charge < -0.3 is 15.7 Å². The molecule has 0 fully saturated rings. The molecule has 1 aromatic heterocycles. The molecular formula is C16H16N4O2S. The summed E-state index contributed by atoms with van der Waals surface area (Å²) in [5, 5.41) is 26.3. The Kier molecular flexibility index (Phi) is 5.72. The number of phenolic OH excluding ortho intramolecular Hbond substituents is 1. The van der Waals surface area contributed by atoms with Gasteiger partial charge in [0.05, 0.1) is 5.69 Å². The molecule has 0 unspecified atom stereocenters. The van der Waals surface area contributed by atoms with Crippen LogP contribution >= 0.6 is 11.3 Å². The van der Waals surface area contributed by atoms with Gasteiger partial charge in [-0.25, -0.2) is 4.98 Å². The molecule has 0 atom stereocenters. The lowest BCUT2D eigenvalue weighted by molar-refractivity contribution is -0.117. The Morgan fingerprint density at radius 3 is 2.78 bits per heavy atom. The maximum atomic E-state index is 11.9. The summed E-state index contributed by atoms with van der Waals surface area (Å²) < 4.78 is 0. The van der Waals surface area contributed by atoms with E-state index in [1.54, 1.807) is 24.3 Å². The lowest BCUT2D eigenvalue weighted by Crippen LogP contribution is -2.27. The van der Waals surface area contributed by atoms with Crippen molar-refractivity contribution in [2.45, 2.75) is 13.3 Å². The van der Waals surface area contributed by atoms with Crippen LogP contribution in [-0.2, 0) is 11.2 Å². The lowest BCUT2D eigenvalue weighted by atomic mass is 10.1. The van der Waals surface area contributed by atoms with Gasteiger partial charge in [0, 0.05) is 18.1 Å². The number of rotatable bonds is 6. The molecule has 0 saturated carbocycles. The first kappa shape index (κ1) is 16.5. The summed E-state index contributed by atoms with van der Waals surface area (Å²) in [7, 11) is 0. The molecule has 2 aromatic rings. The lowest BCUT2D eigenvalue weighted by Gasteiger charge is -2.05. The smallest absolute Gasteiger partial charge is 0.263 e. The van der Waals surface area contributed by atoms with Gasteiger partial charge >= 0.3 is 0 Å². The van der Waals surface area contributed by atoms with Crippen molar-refractivity contribution in [1.82, 2.24) is 10.3 Å². The van der Waals surface area contributed by atoms with E-state index in [9.17, 15) is 9.90 Å². The number of carbonyl (C=O) groups excluding carboxylic acids is 1. The minimum atomic E-state index is -0.438. The van der Waals surface area contributed by atoms with Crippen LogP contribution in [0.4, 0.5) is 5.13 Å². The molecule has 0 radical (unpaired) electrons. The number of carbonyl (C=O) groups is 1. The molecule has 0 saturated heterocycles. The maximum absolute atomic E-state index is 11.9. The quantitative estimate of drug-likeness (QED) is 0.558. The van der Waals surface area contributed by atoms with Crippen molar-refractivity contribution >= 4 is 22.4 Å². The maximum Gasteiger partial charge on any atom is 0.263 e. The molecule has 2 rings (SSSR count). The van der Waals surface area contributed by atoms with Gasteiger partial charge in [0.25, 0.3) is 5.91 Å². The summed E-state index contributed by atoms with van der Waals surface area (Å²) in [6.07, 6.45) is 1.97. The first-order valence-electron chi connectivity index (χ1n) is 6.93. The first-order chi connectivity index (χ1) is 11.1. The van der Waals surface area contributed by atoms with Crippen LogP contribution in [0.5, 0.6) is 5.75 Å². The number of phenols is 1. The Morgan fingerprint density at radius 2 is 2.17 bits per heavy atom. The van der Waals surface area contributed by atoms with E-state index >= 15 is 0 Å². The normalized spacial score (nSPS) is 10.9. The van der Waals surface area contributed by atoms with Gasteiger partial charge in [-0.15, -0.1) is 11.3 Å². The zero-order valence-corrected chi connectivity index (χ0v) is 13.4. The number of benzene rings is 1. The Labute approximate surface area is 138 Å². The average Bonchev–Trinajstić information content (AvgIpc) is 2.95. The summed E-state index contributed by atoms with van der Waals surface area (Å²) in [5.41, 5.74) is 1.85. The fraction of sp³-hybridized carbons (Fsp3) is 0.188. The van der Waals surface area contributed by atoms with E-state index < -0.39 is 5.91 Å². The Hall–Kier alpha value is -2.85. The number of amides is 1. The van der Waals surface area contributed by atoms with Crippen LogP contribution in [0.25, 0.3) is 0 Å². The predicted molar refractivity (Wildman–Crippen MR) is 89.0 cm³/mol. The number of aryl methyl sites for hydroxylation is 1. The van der Waals surface area contributed by atoms with Gasteiger partial charge in [-0.3, -0.25) is 4.79 Å². The van der Waals surface area contributed by atoms with Gasteiger partial charge in [-0.05, 0) is 31.0 Å². The van der Waals surface area contributed by atoms with E-state index in [2.05, 4.69) is 15.6 Å². The number of thiazole rings is 1. The largest absolute Gasteiger partial charge is 0.508 e. The van der Waals surface area contributed by atoms with Crippen molar-refractivity contribution in [2.24, 2.45) is 0 Å². The monoisotopic (exact) mass is 328 g/mol. The molecular weight excluding hydrogens is 312 g/mol. The molecule has 0 bridgehead atoms. The van der Waals surface area contributed by atoms with Crippen LogP contribution in [0.3, 0.4) is 0 Å². The Balaban J connectivity index is 1.85. The van der Waals surface area contributed by atoms with Crippen LogP contribution < -0.4 is 10.6 Å². The first-order valence-corrected chi connectivity index (χ1v) is 7.81. The zero-order valence-electron chi connectivity index (χ0n) is 12.5. The summed E-state index contributed by atoms with van der Waals surface area (Å²) >= 11 is 1.40. The highest BCUT2D eigenvalue weighted by molar-refractivity contribution is 7.13. The Bertz CT molecular complexity index is 744. The topological polar surface area (TPSA) is 98.0 Å². The van der Waals surface area contributed by atoms with E-state index in [0.717, 1.165) is 11.3 Å². The van der Waals surface area contributed by atoms with Crippen molar-refractivity contribution in [3.63, 3.8) is 0 Å². The highest BCUT2D eigenvalue weighted by atomic mass is 32.1. The van der Waals surface area contributed by atoms with E-state index in [1.807, 2.05) is 18.4 Å². The third-order valence-electron chi connectivity index (χ3n) is 2.96. The molecule has 6 nitrogen and oxygen atoms in total. The second-order valence-electron chi connectivity index (χ2n) is 4.78. The molecule has 3 N–H and O–H groups in total. The molecule has 0 aliphatic heterocycles. The highest BCUT2D eigenvalue weighted by Crippen LogP contribution is 2.14. The van der Waals surface area contributed by atoms with Crippen molar-refractivity contribution in [3.05, 3.63) is 52.7 Å². The van der Waals surface area contributed by atoms with Gasteiger partial charge in [-0.1, -0.05) is 12.1 Å². The fourth-order valence-electron chi connectivity index (χ4n) is 1.78. The van der Waals surface area contributed by atoms with E-state index in [-0.39, 0.29) is 11.3 Å². The molecule has 118 valence electrons. The number of nitrogens with zero attached hydrogens (tertiary/aromatic N) is 2. The van der Waals surface area contributed by atoms with Gasteiger partial charge in [0.1, 0.15) is 17.4 Å². The van der Waals surface area contributed by atoms with Gasteiger partial charge in [0.2, 0.25) is 0 Å². The van der Waals surface area contributed by atoms with Crippen molar-refractivity contribution in [2.75, 3.05) is 11.9 Å². The van der Waals surface area contributed by atoms with Crippen LogP contribution in [0.2, 0.25) is 0 Å². The molecule has 1 aromatic carbocycles. The minimum absolute atomic E-state index is 0.0106. The van der Waals surface area contributed by atoms with E-state index in [0.29, 0.717) is 18.1 Å². The predicted octanol–water partition coefficient (Wildman–Crippen LogP) is 2.34. The number of aromatic nitrogens is 1. The third-order valence-corrected chi connectivity index (χ3v) is 3.85. The Morgan fingerprint density at radius 1 is 1.43 bits per heavy atom. The van der Waals surface area contributed by atoms with Crippen LogP contribution in [0.15, 0.2) is 41.4 Å². The summed E-state index contributed by atoms with van der Waals surface area (Å²) in [6, 6.07) is 8.63. The summed E-state index contributed by atoms with van der Waals surface area (Å²) in [5.74, 6) is -0.233. The van der Waals surface area contributed by atoms with Gasteiger partial charge in [0.15, 0.2) is 5.13 Å². The highest BCUT2D eigenvalue weighted by Gasteiger charge is 2.08. The summed E-state index contributed by atoms with van der Waals surface area (Å²) in [6.45, 7) is 2.27. The average molecular weight is 328 g/mol. The van der Waals surface area contributed by atoms with Crippen molar-refractivity contribution < 1.29 is 9.90 Å². The van der Waals surface area contributed by atoms with Crippen LogP contribution in [-0.4, -0.2) is 22.5 Å². The molecule has 7 heteroatoms. The van der Waals surface area contributed by atoms with Crippen molar-refractivity contribution in [1.29, 1.82) is 5.26 Å². The minimum Gasteiger partial charge on any atom is -0.508 e. The number of hydrogen-bond donors (Lipinski definition) is 3. The molecule has 0 aliphatic carbocycles. The molecule has 1 amide bonds. The van der Waals surface area contributed by atoms with Crippen molar-refractivity contribution in [3.8, 4) is 11.8 Å². The van der Waals surface area contributed by atoms with Crippen LogP contribution in [0.1, 0.15) is 11.3 Å². The second kappa shape index (κ2) is 7.96. The number of hydrogen-bond acceptors (Lipinski definition) is 6. The van der Waals surface area contributed by atoms with Gasteiger partial charge in [-0.2, -0.15) is 5.26 Å². The van der Waals surface area contributed by atoms with E-state index in [4.69, 9.17) is 5.26 Å². The van der Waals surface area contributed by atoms with Crippen LogP contribution in [0, 0.1) is 18.3 Å². The molecule has 0 spiro atoms. The SMILES string of the molecule is Cc1csc(N/C=C(/C#N)C(=O)NCCc2ccc(O)cc2)n1. The standard InChI is InChI=1S/C16H16N4O2S/c1-11-10-23-16(20-11)19-9-13(8-17)15(22)18-7-6-12-2-4-14(21)5-3-12/h2-5,9-10,21H,6-7H2,1H3,(H,18,22)(H,19,20)/b13-9-. The number of nitriles is 1. The molecule has 23 heavy (non-hydrogen) atoms. The fourth-order valence-corrected chi connectivity index (χ4v) is 2.44. The van der Waals surface area contributed by atoms with E-state index in [1.165, 1.54) is 17.5 Å². The number of aromatic hydroxyl groups is 1. The number of anilines is 1. The molecule has 1 heterocycles. The molecule has 0 aliphatic rings. The zero-order chi connectivity index (χ0) is 16.7.